The Hall–Kier alpha value is -2.82. The van der Waals surface area contributed by atoms with Gasteiger partial charge in [-0.15, -0.1) is 6.58 Å². The summed E-state index contributed by atoms with van der Waals surface area (Å²) in [5.41, 5.74) is 2.89. The standard InChI is InChI=1S/C20H22N2O3/c1-3-4-18-11-12-22(20(24)25-18)14(2)15-5-7-16(8-6-15)17-9-10-19(23)21-13-17/h3,5-10,13-14,18H,1,4,11-12H2,2H3,(H,21,23). The highest BCUT2D eigenvalue weighted by Crippen LogP contribution is 2.28. The first-order valence-electron chi connectivity index (χ1n) is 8.45. The fraction of sp³-hybridized carbons (Fsp3) is 0.300. The molecule has 0 spiro atoms. The van der Waals surface area contributed by atoms with Gasteiger partial charge in [-0.25, -0.2) is 4.79 Å². The van der Waals surface area contributed by atoms with Crippen molar-refractivity contribution >= 4 is 6.09 Å². The van der Waals surface area contributed by atoms with Gasteiger partial charge in [-0.3, -0.25) is 4.79 Å². The molecule has 2 unspecified atom stereocenters. The Balaban J connectivity index is 1.71. The third kappa shape index (κ3) is 3.82. The first kappa shape index (κ1) is 17.0. The minimum atomic E-state index is -0.268. The SMILES string of the molecule is C=CCC1CCN(C(C)c2ccc(-c3ccc(=O)[nH]c3)cc2)C(=O)O1. The predicted octanol–water partition coefficient (Wildman–Crippen LogP) is 3.89. The van der Waals surface area contributed by atoms with E-state index in [1.807, 2.05) is 31.2 Å². The fourth-order valence-electron chi connectivity index (χ4n) is 3.07. The van der Waals surface area contributed by atoms with Gasteiger partial charge in [0.1, 0.15) is 6.10 Å². The number of rotatable bonds is 5. The second-order valence-corrected chi connectivity index (χ2v) is 6.25. The molecule has 130 valence electrons. The molecule has 1 aromatic carbocycles. The van der Waals surface area contributed by atoms with Gasteiger partial charge in [-0.05, 0) is 29.7 Å². The zero-order valence-electron chi connectivity index (χ0n) is 14.3. The number of carbonyl (C=O) groups excluding carboxylic acids is 1. The number of ether oxygens (including phenoxy) is 1. The monoisotopic (exact) mass is 338 g/mol. The maximum Gasteiger partial charge on any atom is 0.410 e. The third-order valence-corrected chi connectivity index (χ3v) is 4.60. The molecule has 1 aliphatic heterocycles. The van der Waals surface area contributed by atoms with Gasteiger partial charge in [0, 0.05) is 31.6 Å². The van der Waals surface area contributed by atoms with Crippen LogP contribution in [-0.2, 0) is 4.74 Å². The Morgan fingerprint density at radius 3 is 2.56 bits per heavy atom. The van der Waals surface area contributed by atoms with E-state index in [-0.39, 0.29) is 23.8 Å². The molecule has 3 rings (SSSR count). The number of aromatic amines is 1. The molecule has 2 aromatic rings. The van der Waals surface area contributed by atoms with Crippen molar-refractivity contribution in [1.82, 2.24) is 9.88 Å². The molecular formula is C20H22N2O3. The van der Waals surface area contributed by atoms with Gasteiger partial charge >= 0.3 is 6.09 Å². The van der Waals surface area contributed by atoms with Crippen molar-refractivity contribution in [3.8, 4) is 11.1 Å². The van der Waals surface area contributed by atoms with Crippen LogP contribution >= 0.6 is 0 Å². The maximum atomic E-state index is 12.3. The van der Waals surface area contributed by atoms with Gasteiger partial charge in [-0.1, -0.05) is 30.3 Å². The lowest BCUT2D eigenvalue weighted by Crippen LogP contribution is -2.43. The smallest absolute Gasteiger partial charge is 0.410 e. The zero-order chi connectivity index (χ0) is 17.8. The Labute approximate surface area is 146 Å². The van der Waals surface area contributed by atoms with Crippen LogP contribution in [0.2, 0.25) is 0 Å². The number of H-pyrrole nitrogens is 1. The van der Waals surface area contributed by atoms with Crippen molar-refractivity contribution in [2.75, 3.05) is 6.54 Å². The van der Waals surface area contributed by atoms with Crippen LogP contribution < -0.4 is 5.56 Å². The van der Waals surface area contributed by atoms with Gasteiger partial charge in [0.2, 0.25) is 5.56 Å². The summed E-state index contributed by atoms with van der Waals surface area (Å²) in [5.74, 6) is 0. The molecule has 1 amide bonds. The average Bonchev–Trinajstić information content (AvgIpc) is 2.62. The second-order valence-electron chi connectivity index (χ2n) is 6.25. The second kappa shape index (κ2) is 7.38. The van der Waals surface area contributed by atoms with Crippen molar-refractivity contribution in [3.63, 3.8) is 0 Å². The van der Waals surface area contributed by atoms with Gasteiger partial charge in [0.05, 0.1) is 6.04 Å². The lowest BCUT2D eigenvalue weighted by molar-refractivity contribution is 0.0146. The highest BCUT2D eigenvalue weighted by atomic mass is 16.6. The summed E-state index contributed by atoms with van der Waals surface area (Å²) in [5, 5.41) is 0. The highest BCUT2D eigenvalue weighted by Gasteiger charge is 2.30. The number of cyclic esters (lactones) is 1. The normalized spacial score (nSPS) is 18.5. The van der Waals surface area contributed by atoms with Crippen LogP contribution in [0.15, 0.2) is 60.0 Å². The molecule has 2 atom stereocenters. The first-order chi connectivity index (χ1) is 12.1. The van der Waals surface area contributed by atoms with Crippen molar-refractivity contribution in [1.29, 1.82) is 0 Å². The van der Waals surface area contributed by atoms with Crippen molar-refractivity contribution in [2.24, 2.45) is 0 Å². The summed E-state index contributed by atoms with van der Waals surface area (Å²) in [6, 6.07) is 11.3. The molecule has 1 fully saturated rings. The number of amides is 1. The Kier molecular flexibility index (Phi) is 5.03. The molecule has 2 heterocycles. The van der Waals surface area contributed by atoms with Crippen LogP contribution in [0, 0.1) is 0 Å². The molecule has 1 saturated heterocycles. The summed E-state index contributed by atoms with van der Waals surface area (Å²) in [7, 11) is 0. The maximum absolute atomic E-state index is 12.3. The van der Waals surface area contributed by atoms with Crippen molar-refractivity contribution in [3.05, 3.63) is 71.2 Å². The van der Waals surface area contributed by atoms with Crippen LogP contribution in [0.25, 0.3) is 11.1 Å². The molecule has 5 nitrogen and oxygen atoms in total. The van der Waals surface area contributed by atoms with Crippen LogP contribution in [0.5, 0.6) is 0 Å². The Morgan fingerprint density at radius 2 is 1.96 bits per heavy atom. The number of carbonyl (C=O) groups is 1. The molecule has 1 N–H and O–H groups in total. The lowest BCUT2D eigenvalue weighted by Gasteiger charge is -2.35. The molecule has 5 heteroatoms. The van der Waals surface area contributed by atoms with E-state index in [0.717, 1.165) is 23.1 Å². The molecule has 1 aromatic heterocycles. The number of hydrogen-bond donors (Lipinski definition) is 1. The van der Waals surface area contributed by atoms with Crippen LogP contribution in [0.1, 0.15) is 31.4 Å². The van der Waals surface area contributed by atoms with E-state index in [9.17, 15) is 9.59 Å². The summed E-state index contributed by atoms with van der Waals surface area (Å²) in [6.07, 6.45) is 4.67. The van der Waals surface area contributed by atoms with E-state index < -0.39 is 0 Å². The Bertz CT molecular complexity index is 790. The topological polar surface area (TPSA) is 62.4 Å². The van der Waals surface area contributed by atoms with Crippen LogP contribution in [0.4, 0.5) is 4.79 Å². The summed E-state index contributed by atoms with van der Waals surface area (Å²) >= 11 is 0. The summed E-state index contributed by atoms with van der Waals surface area (Å²) in [4.78, 5) is 27.8. The zero-order valence-corrected chi connectivity index (χ0v) is 14.3. The highest BCUT2D eigenvalue weighted by molar-refractivity contribution is 5.69. The number of hydrogen-bond acceptors (Lipinski definition) is 3. The largest absolute Gasteiger partial charge is 0.446 e. The van der Waals surface area contributed by atoms with Crippen molar-refractivity contribution < 1.29 is 9.53 Å². The minimum absolute atomic E-state index is 0.0539. The van der Waals surface area contributed by atoms with Crippen molar-refractivity contribution in [2.45, 2.75) is 31.9 Å². The Morgan fingerprint density at radius 1 is 1.24 bits per heavy atom. The fourth-order valence-corrected chi connectivity index (χ4v) is 3.07. The van der Waals surface area contributed by atoms with Crippen LogP contribution in [-0.4, -0.2) is 28.6 Å². The van der Waals surface area contributed by atoms with E-state index in [0.29, 0.717) is 13.0 Å². The molecule has 0 saturated carbocycles. The lowest BCUT2D eigenvalue weighted by atomic mass is 10.0. The first-order valence-corrected chi connectivity index (χ1v) is 8.45. The molecular weight excluding hydrogens is 316 g/mol. The molecule has 0 radical (unpaired) electrons. The van der Waals surface area contributed by atoms with E-state index >= 15 is 0 Å². The average molecular weight is 338 g/mol. The number of pyridine rings is 1. The minimum Gasteiger partial charge on any atom is -0.446 e. The van der Waals surface area contributed by atoms with Gasteiger partial charge in [-0.2, -0.15) is 0 Å². The van der Waals surface area contributed by atoms with E-state index in [1.165, 1.54) is 6.07 Å². The number of nitrogens with zero attached hydrogens (tertiary/aromatic N) is 1. The van der Waals surface area contributed by atoms with Gasteiger partial charge in [0.15, 0.2) is 0 Å². The van der Waals surface area contributed by atoms with Crippen LogP contribution in [0.3, 0.4) is 0 Å². The number of nitrogens with one attached hydrogen (secondary N) is 1. The molecule has 1 aliphatic rings. The molecule has 0 bridgehead atoms. The quantitative estimate of drug-likeness (QED) is 0.841. The summed E-state index contributed by atoms with van der Waals surface area (Å²) in [6.45, 7) is 6.38. The van der Waals surface area contributed by atoms with E-state index in [4.69, 9.17) is 4.74 Å². The van der Waals surface area contributed by atoms with Gasteiger partial charge < -0.3 is 14.6 Å². The number of aromatic nitrogens is 1. The molecule has 0 aliphatic carbocycles. The predicted molar refractivity (Wildman–Crippen MR) is 97.3 cm³/mol. The summed E-state index contributed by atoms with van der Waals surface area (Å²) < 4.78 is 5.47. The van der Waals surface area contributed by atoms with E-state index in [2.05, 4.69) is 11.6 Å². The number of benzene rings is 1. The third-order valence-electron chi connectivity index (χ3n) is 4.60. The van der Waals surface area contributed by atoms with Gasteiger partial charge in [0.25, 0.3) is 0 Å². The molecule has 25 heavy (non-hydrogen) atoms. The van der Waals surface area contributed by atoms with E-state index in [1.54, 1.807) is 23.2 Å².